The molecule has 2 aromatic rings. The smallest absolute Gasteiger partial charge is 0.390 e. The Morgan fingerprint density at radius 2 is 2.35 bits per heavy atom. The van der Waals surface area contributed by atoms with Gasteiger partial charge in [0.1, 0.15) is 6.54 Å². The lowest BCUT2D eigenvalue weighted by Gasteiger charge is -1.98. The van der Waals surface area contributed by atoms with Crippen molar-refractivity contribution in [1.82, 2.24) is 19.7 Å². The van der Waals surface area contributed by atoms with Crippen molar-refractivity contribution < 1.29 is 4.92 Å². The Kier molecular flexibility index (Phi) is 3.34. The van der Waals surface area contributed by atoms with Crippen LogP contribution in [0.1, 0.15) is 5.69 Å². The number of rotatable bonds is 3. The Hall–Kier alpha value is -1.54. The first-order chi connectivity index (χ1) is 8.06. The van der Waals surface area contributed by atoms with Gasteiger partial charge in [-0.2, -0.15) is 4.68 Å². The molecule has 0 aromatic carbocycles. The highest BCUT2D eigenvalue weighted by Gasteiger charge is 2.19. The van der Waals surface area contributed by atoms with E-state index in [0.717, 1.165) is 0 Å². The molecule has 0 saturated carbocycles. The summed E-state index contributed by atoms with van der Waals surface area (Å²) in [5.41, 5.74) is 0.637. The van der Waals surface area contributed by atoms with E-state index in [0.29, 0.717) is 10.7 Å². The second-order valence-electron chi connectivity index (χ2n) is 3.06. The number of pyridine rings is 1. The second kappa shape index (κ2) is 4.76. The van der Waals surface area contributed by atoms with Gasteiger partial charge in [0.25, 0.3) is 4.73 Å². The lowest BCUT2D eigenvalue weighted by molar-refractivity contribution is -0.394. The number of nitro groups is 1. The van der Waals surface area contributed by atoms with Crippen molar-refractivity contribution in [1.29, 1.82) is 0 Å². The maximum Gasteiger partial charge on any atom is 0.492 e. The predicted molar refractivity (Wildman–Crippen MR) is 62.7 cm³/mol. The summed E-state index contributed by atoms with van der Waals surface area (Å²) in [6.45, 7) is 0.252. The van der Waals surface area contributed by atoms with Gasteiger partial charge in [-0.25, -0.2) is 0 Å². The molecule has 0 atom stereocenters. The summed E-state index contributed by atoms with van der Waals surface area (Å²) in [7, 11) is 0. The maximum atomic E-state index is 10.5. The van der Waals surface area contributed by atoms with E-state index in [2.05, 4.69) is 31.0 Å². The summed E-state index contributed by atoms with van der Waals surface area (Å²) in [6, 6.07) is 3.30. The van der Waals surface area contributed by atoms with Crippen LogP contribution >= 0.6 is 27.5 Å². The Morgan fingerprint density at radius 3 is 2.94 bits per heavy atom. The summed E-state index contributed by atoms with van der Waals surface area (Å²) >= 11 is 8.89. The van der Waals surface area contributed by atoms with Crippen LogP contribution in [0.5, 0.6) is 0 Å². The number of hydrogen-bond donors (Lipinski definition) is 0. The number of halogens is 2. The van der Waals surface area contributed by atoms with Gasteiger partial charge < -0.3 is 10.1 Å². The minimum Gasteiger partial charge on any atom is -0.390 e. The van der Waals surface area contributed by atoms with Crippen LogP contribution in [0.2, 0.25) is 5.02 Å². The third kappa shape index (κ3) is 2.77. The monoisotopic (exact) mass is 317 g/mol. The average Bonchev–Trinajstić information content (AvgIpc) is 2.61. The van der Waals surface area contributed by atoms with Crippen molar-refractivity contribution in [2.75, 3.05) is 0 Å². The van der Waals surface area contributed by atoms with E-state index in [1.54, 1.807) is 18.3 Å². The second-order valence-corrected chi connectivity index (χ2v) is 4.21. The highest BCUT2D eigenvalue weighted by Crippen LogP contribution is 2.15. The molecule has 0 spiro atoms. The number of nitrogens with zero attached hydrogens (tertiary/aromatic N) is 5. The predicted octanol–water partition coefficient (Wildman–Crippen LogP) is 2.05. The summed E-state index contributed by atoms with van der Waals surface area (Å²) in [5, 5.41) is 14.7. The van der Waals surface area contributed by atoms with Gasteiger partial charge in [0, 0.05) is 32.2 Å². The summed E-state index contributed by atoms with van der Waals surface area (Å²) in [6.07, 6.45) is 1.55. The largest absolute Gasteiger partial charge is 0.492 e. The molecule has 0 N–H and O–H groups in total. The molecule has 2 heterocycles. The molecule has 0 fully saturated rings. The molecule has 0 aliphatic rings. The van der Waals surface area contributed by atoms with E-state index in [4.69, 9.17) is 11.6 Å². The SMILES string of the molecule is O=[N+]([O-])c1nc(Br)n(Cc2cc(Cl)ccn2)n1. The average molecular weight is 319 g/mol. The van der Waals surface area contributed by atoms with E-state index < -0.39 is 10.9 Å². The van der Waals surface area contributed by atoms with Gasteiger partial charge in [0.15, 0.2) is 0 Å². The normalized spacial score (nSPS) is 10.5. The Balaban J connectivity index is 2.27. The zero-order chi connectivity index (χ0) is 12.4. The van der Waals surface area contributed by atoms with Crippen LogP contribution in [-0.2, 0) is 6.54 Å². The molecule has 0 aliphatic carbocycles. The first kappa shape index (κ1) is 11.9. The van der Waals surface area contributed by atoms with Crippen LogP contribution in [0, 0.1) is 10.1 Å². The molecule has 0 radical (unpaired) electrons. The molecule has 2 rings (SSSR count). The van der Waals surface area contributed by atoms with E-state index in [9.17, 15) is 10.1 Å². The molecule has 0 unspecified atom stereocenters. The van der Waals surface area contributed by atoms with Crippen molar-refractivity contribution in [2.24, 2.45) is 0 Å². The first-order valence-corrected chi connectivity index (χ1v) is 5.58. The third-order valence-electron chi connectivity index (χ3n) is 1.87. The van der Waals surface area contributed by atoms with Crippen molar-refractivity contribution >= 4 is 33.5 Å². The molecule has 0 saturated heterocycles. The summed E-state index contributed by atoms with van der Waals surface area (Å²) in [5.74, 6) is -0.459. The summed E-state index contributed by atoms with van der Waals surface area (Å²) in [4.78, 5) is 17.5. The highest BCUT2D eigenvalue weighted by atomic mass is 79.9. The molecule has 0 aliphatic heterocycles. The fourth-order valence-electron chi connectivity index (χ4n) is 1.18. The molecule has 7 nitrogen and oxygen atoms in total. The number of aromatic nitrogens is 4. The first-order valence-electron chi connectivity index (χ1n) is 4.41. The Labute approximate surface area is 109 Å². The van der Waals surface area contributed by atoms with Crippen molar-refractivity contribution in [3.8, 4) is 0 Å². The Bertz CT molecular complexity index is 573. The highest BCUT2D eigenvalue weighted by molar-refractivity contribution is 9.10. The zero-order valence-corrected chi connectivity index (χ0v) is 10.6. The Morgan fingerprint density at radius 1 is 1.59 bits per heavy atom. The maximum absolute atomic E-state index is 10.5. The molecule has 17 heavy (non-hydrogen) atoms. The van der Waals surface area contributed by atoms with E-state index in [1.165, 1.54) is 4.68 Å². The van der Waals surface area contributed by atoms with Gasteiger partial charge in [0.05, 0.1) is 5.69 Å². The van der Waals surface area contributed by atoms with Crippen LogP contribution in [0.15, 0.2) is 23.1 Å². The lowest BCUT2D eigenvalue weighted by atomic mass is 10.3. The third-order valence-corrected chi connectivity index (χ3v) is 2.69. The fraction of sp³-hybridized carbons (Fsp3) is 0.125. The van der Waals surface area contributed by atoms with E-state index >= 15 is 0 Å². The fourth-order valence-corrected chi connectivity index (χ4v) is 1.72. The van der Waals surface area contributed by atoms with Crippen LogP contribution in [-0.4, -0.2) is 24.7 Å². The topological polar surface area (TPSA) is 86.7 Å². The molecule has 88 valence electrons. The van der Waals surface area contributed by atoms with Crippen molar-refractivity contribution in [2.45, 2.75) is 6.54 Å². The van der Waals surface area contributed by atoms with Crippen LogP contribution in [0.4, 0.5) is 5.95 Å². The standard InChI is InChI=1S/C8H5BrClN5O2/c9-7-12-8(15(16)17)13-14(7)4-6-3-5(10)1-2-11-6/h1-3H,4H2. The quantitative estimate of drug-likeness (QED) is 0.638. The summed E-state index contributed by atoms with van der Waals surface area (Å²) < 4.78 is 1.60. The molecule has 0 amide bonds. The molecular weight excluding hydrogens is 313 g/mol. The van der Waals surface area contributed by atoms with Crippen LogP contribution in [0.3, 0.4) is 0 Å². The molecule has 2 aromatic heterocycles. The molecule has 9 heteroatoms. The minimum absolute atomic E-state index is 0.252. The lowest BCUT2D eigenvalue weighted by Crippen LogP contribution is -2.04. The van der Waals surface area contributed by atoms with E-state index in [1.807, 2.05) is 0 Å². The van der Waals surface area contributed by atoms with Gasteiger partial charge in [-0.1, -0.05) is 11.6 Å². The van der Waals surface area contributed by atoms with Gasteiger partial charge in [-0.05, 0) is 22.0 Å². The van der Waals surface area contributed by atoms with Gasteiger partial charge in [-0.3, -0.25) is 4.98 Å². The van der Waals surface area contributed by atoms with Gasteiger partial charge >= 0.3 is 5.95 Å². The van der Waals surface area contributed by atoms with Crippen molar-refractivity contribution in [3.63, 3.8) is 0 Å². The molecule has 0 bridgehead atoms. The van der Waals surface area contributed by atoms with Crippen LogP contribution < -0.4 is 0 Å². The number of hydrogen-bond acceptors (Lipinski definition) is 5. The van der Waals surface area contributed by atoms with Crippen LogP contribution in [0.25, 0.3) is 0 Å². The van der Waals surface area contributed by atoms with E-state index in [-0.39, 0.29) is 11.3 Å². The molecular formula is C8H5BrClN5O2. The van der Waals surface area contributed by atoms with Gasteiger partial charge in [0.2, 0.25) is 0 Å². The minimum atomic E-state index is -0.660. The zero-order valence-electron chi connectivity index (χ0n) is 8.25. The van der Waals surface area contributed by atoms with Gasteiger partial charge in [-0.15, -0.1) is 0 Å². The van der Waals surface area contributed by atoms with Crippen molar-refractivity contribution in [3.05, 3.63) is 43.9 Å².